The maximum atomic E-state index is 9.97. The number of nitrogens with one attached hydrogen (secondary N) is 1. The average molecular weight is 142 g/mol. The van der Waals surface area contributed by atoms with Gasteiger partial charge in [-0.2, -0.15) is 0 Å². The Morgan fingerprint density at radius 3 is 3.20 bits per heavy atom. The molecule has 0 saturated heterocycles. The average Bonchev–Trinajstić information content (AvgIpc) is 1.94. The molecule has 56 valence electrons. The van der Waals surface area contributed by atoms with Crippen LogP contribution in [0.2, 0.25) is 0 Å². The smallest absolute Gasteiger partial charge is 0.207 e. The van der Waals surface area contributed by atoms with Crippen LogP contribution in [-0.4, -0.2) is 18.7 Å². The van der Waals surface area contributed by atoms with Crippen LogP contribution in [-0.2, 0) is 9.53 Å². The van der Waals surface area contributed by atoms with E-state index in [9.17, 15) is 4.79 Å². The Hall–Kier alpha value is -1.03. The maximum absolute atomic E-state index is 9.97. The summed E-state index contributed by atoms with van der Waals surface area (Å²) in [5.74, 6) is 0. The third-order valence-corrected chi connectivity index (χ3v) is 1.40. The van der Waals surface area contributed by atoms with Crippen molar-refractivity contribution in [1.29, 1.82) is 0 Å². The standard InChI is InChI=1S/C6H10N2O2/c7-6-5(8-4-9)2-1-3-10-6/h1,3-6H,2,7H2,(H,8,9). The quantitative estimate of drug-likeness (QED) is 0.502. The van der Waals surface area contributed by atoms with E-state index in [4.69, 9.17) is 10.5 Å². The summed E-state index contributed by atoms with van der Waals surface area (Å²) in [5.41, 5.74) is 5.47. The van der Waals surface area contributed by atoms with Crippen molar-refractivity contribution < 1.29 is 9.53 Å². The molecule has 0 spiro atoms. The fourth-order valence-electron chi connectivity index (χ4n) is 0.828. The molecule has 1 aliphatic heterocycles. The molecule has 0 fully saturated rings. The fourth-order valence-corrected chi connectivity index (χ4v) is 0.828. The molecule has 10 heavy (non-hydrogen) atoms. The van der Waals surface area contributed by atoms with E-state index in [0.29, 0.717) is 6.41 Å². The van der Waals surface area contributed by atoms with Crippen molar-refractivity contribution in [2.75, 3.05) is 0 Å². The minimum Gasteiger partial charge on any atom is -0.481 e. The molecule has 0 aromatic carbocycles. The topological polar surface area (TPSA) is 64.3 Å². The number of carbonyl (C=O) groups is 1. The Balaban J connectivity index is 2.42. The second-order valence-corrected chi connectivity index (χ2v) is 2.10. The normalized spacial score (nSPS) is 30.9. The lowest BCUT2D eigenvalue weighted by Crippen LogP contribution is -2.46. The van der Waals surface area contributed by atoms with Gasteiger partial charge >= 0.3 is 0 Å². The van der Waals surface area contributed by atoms with Crippen LogP contribution >= 0.6 is 0 Å². The lowest BCUT2D eigenvalue weighted by molar-refractivity contribution is -0.111. The highest BCUT2D eigenvalue weighted by Crippen LogP contribution is 2.05. The molecule has 1 heterocycles. The zero-order chi connectivity index (χ0) is 7.40. The Labute approximate surface area is 59.0 Å². The van der Waals surface area contributed by atoms with Crippen LogP contribution in [0.4, 0.5) is 0 Å². The van der Waals surface area contributed by atoms with Gasteiger partial charge < -0.3 is 10.1 Å². The third kappa shape index (κ3) is 1.48. The van der Waals surface area contributed by atoms with Gasteiger partial charge in [-0.1, -0.05) is 0 Å². The summed E-state index contributed by atoms with van der Waals surface area (Å²) in [7, 11) is 0. The van der Waals surface area contributed by atoms with Crippen LogP contribution in [0.1, 0.15) is 6.42 Å². The minimum atomic E-state index is -0.407. The molecule has 3 N–H and O–H groups in total. The first-order chi connectivity index (χ1) is 4.84. The number of rotatable bonds is 2. The van der Waals surface area contributed by atoms with Gasteiger partial charge in [-0.3, -0.25) is 10.5 Å². The summed E-state index contributed by atoms with van der Waals surface area (Å²) in [4.78, 5) is 9.97. The van der Waals surface area contributed by atoms with Gasteiger partial charge in [0, 0.05) is 0 Å². The van der Waals surface area contributed by atoms with Crippen molar-refractivity contribution in [3.63, 3.8) is 0 Å². The summed E-state index contributed by atoms with van der Waals surface area (Å²) in [6.07, 6.45) is 4.33. The van der Waals surface area contributed by atoms with Gasteiger partial charge in [-0.15, -0.1) is 0 Å². The molecule has 2 atom stereocenters. The lowest BCUT2D eigenvalue weighted by Gasteiger charge is -2.24. The van der Waals surface area contributed by atoms with E-state index in [1.54, 1.807) is 6.26 Å². The molecular formula is C6H10N2O2. The van der Waals surface area contributed by atoms with Crippen LogP contribution in [0.3, 0.4) is 0 Å². The van der Waals surface area contributed by atoms with Crippen LogP contribution in [0.25, 0.3) is 0 Å². The van der Waals surface area contributed by atoms with Gasteiger partial charge in [0.1, 0.15) is 0 Å². The number of hydrogen-bond donors (Lipinski definition) is 2. The largest absolute Gasteiger partial charge is 0.481 e. The van der Waals surface area contributed by atoms with Crippen LogP contribution in [0, 0.1) is 0 Å². The van der Waals surface area contributed by atoms with Crippen molar-refractivity contribution in [2.45, 2.75) is 18.7 Å². The lowest BCUT2D eigenvalue weighted by atomic mass is 10.1. The zero-order valence-electron chi connectivity index (χ0n) is 5.49. The summed E-state index contributed by atoms with van der Waals surface area (Å²) >= 11 is 0. The predicted octanol–water partition coefficient (Wildman–Crippen LogP) is -0.680. The van der Waals surface area contributed by atoms with Crippen LogP contribution in [0.5, 0.6) is 0 Å². The van der Waals surface area contributed by atoms with E-state index >= 15 is 0 Å². The first-order valence-corrected chi connectivity index (χ1v) is 3.10. The summed E-state index contributed by atoms with van der Waals surface area (Å²) in [5, 5.41) is 2.55. The van der Waals surface area contributed by atoms with E-state index in [1.165, 1.54) is 0 Å². The van der Waals surface area contributed by atoms with E-state index in [2.05, 4.69) is 5.32 Å². The number of nitrogens with two attached hydrogens (primary N) is 1. The molecule has 0 aromatic rings. The van der Waals surface area contributed by atoms with E-state index < -0.39 is 6.23 Å². The number of ether oxygens (including phenoxy) is 1. The van der Waals surface area contributed by atoms with E-state index in [1.807, 2.05) is 6.08 Å². The van der Waals surface area contributed by atoms with Crippen molar-refractivity contribution >= 4 is 6.41 Å². The molecule has 2 unspecified atom stereocenters. The van der Waals surface area contributed by atoms with Gasteiger partial charge in [-0.25, -0.2) is 0 Å². The van der Waals surface area contributed by atoms with Crippen LogP contribution in [0.15, 0.2) is 12.3 Å². The van der Waals surface area contributed by atoms with Gasteiger partial charge in [0.05, 0.1) is 12.3 Å². The summed E-state index contributed by atoms with van der Waals surface area (Å²) < 4.78 is 4.92. The molecule has 0 saturated carbocycles. The molecule has 0 aromatic heterocycles. The summed E-state index contributed by atoms with van der Waals surface area (Å²) in [6.45, 7) is 0. The first-order valence-electron chi connectivity index (χ1n) is 3.10. The molecule has 4 heteroatoms. The number of carbonyl (C=O) groups excluding carboxylic acids is 1. The Morgan fingerprint density at radius 2 is 2.60 bits per heavy atom. The second-order valence-electron chi connectivity index (χ2n) is 2.10. The molecule has 0 radical (unpaired) electrons. The predicted molar refractivity (Wildman–Crippen MR) is 35.8 cm³/mol. The fraction of sp³-hybridized carbons (Fsp3) is 0.500. The highest BCUT2D eigenvalue weighted by Gasteiger charge is 2.18. The molecule has 1 aliphatic rings. The Morgan fingerprint density at radius 1 is 1.80 bits per heavy atom. The van der Waals surface area contributed by atoms with E-state index in [-0.39, 0.29) is 6.04 Å². The van der Waals surface area contributed by atoms with Crippen molar-refractivity contribution in [1.82, 2.24) is 5.32 Å². The molecule has 1 rings (SSSR count). The SMILES string of the molecule is NC1OC=CCC1NC=O. The minimum absolute atomic E-state index is 0.0810. The zero-order valence-corrected chi connectivity index (χ0v) is 5.49. The molecule has 0 bridgehead atoms. The highest BCUT2D eigenvalue weighted by molar-refractivity contribution is 5.46. The summed E-state index contributed by atoms with van der Waals surface area (Å²) in [6, 6.07) is -0.0810. The maximum Gasteiger partial charge on any atom is 0.207 e. The Bertz CT molecular complexity index is 147. The van der Waals surface area contributed by atoms with E-state index in [0.717, 1.165) is 6.42 Å². The highest BCUT2D eigenvalue weighted by atomic mass is 16.5. The third-order valence-electron chi connectivity index (χ3n) is 1.40. The van der Waals surface area contributed by atoms with Crippen LogP contribution < -0.4 is 11.1 Å². The first kappa shape index (κ1) is 7.08. The number of amides is 1. The second kappa shape index (κ2) is 3.22. The molecule has 0 aliphatic carbocycles. The molecular weight excluding hydrogens is 132 g/mol. The van der Waals surface area contributed by atoms with Crippen molar-refractivity contribution in [3.05, 3.63) is 12.3 Å². The monoisotopic (exact) mass is 142 g/mol. The van der Waals surface area contributed by atoms with Gasteiger partial charge in [0.15, 0.2) is 6.23 Å². The van der Waals surface area contributed by atoms with Crippen molar-refractivity contribution in [2.24, 2.45) is 5.73 Å². The van der Waals surface area contributed by atoms with Gasteiger partial charge in [0.2, 0.25) is 6.41 Å². The molecule has 1 amide bonds. The van der Waals surface area contributed by atoms with Gasteiger partial charge in [0.25, 0.3) is 0 Å². The van der Waals surface area contributed by atoms with Gasteiger partial charge in [-0.05, 0) is 12.5 Å². The number of hydrogen-bond acceptors (Lipinski definition) is 3. The Kier molecular flexibility index (Phi) is 2.28. The van der Waals surface area contributed by atoms with Crippen molar-refractivity contribution in [3.8, 4) is 0 Å². The molecule has 4 nitrogen and oxygen atoms in total.